The lowest BCUT2D eigenvalue weighted by Gasteiger charge is -2.18. The zero-order valence-electron chi connectivity index (χ0n) is 10.4. The van der Waals surface area contributed by atoms with Crippen molar-refractivity contribution in [3.8, 4) is 11.5 Å². The molecule has 0 atom stereocenters. The molecule has 18 heavy (non-hydrogen) atoms. The van der Waals surface area contributed by atoms with Crippen LogP contribution in [0.5, 0.6) is 11.5 Å². The molecule has 0 saturated heterocycles. The van der Waals surface area contributed by atoms with Gasteiger partial charge in [0, 0.05) is 12.1 Å². The number of hydrogen-bond acceptors (Lipinski definition) is 3. The van der Waals surface area contributed by atoms with Gasteiger partial charge in [-0.15, -0.1) is 0 Å². The van der Waals surface area contributed by atoms with Crippen LogP contribution >= 0.6 is 0 Å². The molecule has 0 saturated carbocycles. The second-order valence-electron chi connectivity index (χ2n) is 4.23. The third-order valence-corrected chi connectivity index (χ3v) is 2.63. The van der Waals surface area contributed by atoms with Gasteiger partial charge in [0.05, 0.1) is 0 Å². The molecule has 0 amide bonds. The summed E-state index contributed by atoms with van der Waals surface area (Å²) in [5.74, 6) is 1.17. The Morgan fingerprint density at radius 1 is 1.00 bits per heavy atom. The molecule has 0 aliphatic heterocycles. The molecular weight excluding hydrogens is 226 g/mol. The van der Waals surface area contributed by atoms with Gasteiger partial charge < -0.3 is 9.84 Å². The number of hydrogen-bond donors (Lipinski definition) is 1. The summed E-state index contributed by atoms with van der Waals surface area (Å²) in [6, 6.07) is 17.0. The minimum absolute atomic E-state index is 0.323. The molecule has 3 nitrogen and oxygen atoms in total. The van der Waals surface area contributed by atoms with Crippen molar-refractivity contribution in [1.82, 2.24) is 4.90 Å². The fourth-order valence-electron chi connectivity index (χ4n) is 1.68. The smallest absolute Gasteiger partial charge is 0.142 e. The van der Waals surface area contributed by atoms with Crippen molar-refractivity contribution in [2.45, 2.75) is 6.54 Å². The van der Waals surface area contributed by atoms with Crippen LogP contribution in [0, 0.1) is 0 Å². The van der Waals surface area contributed by atoms with Gasteiger partial charge in [0.25, 0.3) is 0 Å². The Bertz CT molecular complexity index is 485. The van der Waals surface area contributed by atoms with Crippen LogP contribution in [-0.4, -0.2) is 23.8 Å². The van der Waals surface area contributed by atoms with Gasteiger partial charge in [-0.3, -0.25) is 4.90 Å². The second kappa shape index (κ2) is 6.07. The Morgan fingerprint density at radius 3 is 2.39 bits per heavy atom. The van der Waals surface area contributed by atoms with Crippen molar-refractivity contribution in [2.75, 3.05) is 13.8 Å². The Labute approximate surface area is 107 Å². The minimum atomic E-state index is 0.323. The van der Waals surface area contributed by atoms with E-state index in [2.05, 4.69) is 0 Å². The molecule has 0 aromatic heterocycles. The molecule has 2 aromatic rings. The van der Waals surface area contributed by atoms with Gasteiger partial charge in [-0.2, -0.15) is 0 Å². The van der Waals surface area contributed by atoms with E-state index in [9.17, 15) is 5.11 Å². The van der Waals surface area contributed by atoms with Crippen LogP contribution in [-0.2, 0) is 6.54 Å². The first-order valence-corrected chi connectivity index (χ1v) is 5.89. The summed E-state index contributed by atoms with van der Waals surface area (Å²) in [6.07, 6.45) is 0. The van der Waals surface area contributed by atoms with Gasteiger partial charge in [-0.05, 0) is 25.2 Å². The molecule has 0 radical (unpaired) electrons. The summed E-state index contributed by atoms with van der Waals surface area (Å²) in [7, 11) is 1.95. The highest BCUT2D eigenvalue weighted by Gasteiger charge is 2.04. The predicted molar refractivity (Wildman–Crippen MR) is 71.5 cm³/mol. The van der Waals surface area contributed by atoms with Crippen LogP contribution in [0.25, 0.3) is 0 Å². The molecule has 0 bridgehead atoms. The fraction of sp³-hybridized carbons (Fsp3) is 0.200. The molecule has 0 aliphatic rings. The number of para-hydroxylation sites is 2. The van der Waals surface area contributed by atoms with Crippen LogP contribution in [0.4, 0.5) is 0 Å². The van der Waals surface area contributed by atoms with Crippen molar-refractivity contribution in [3.63, 3.8) is 0 Å². The number of phenols is 1. The molecule has 0 unspecified atom stereocenters. The minimum Gasteiger partial charge on any atom is -0.508 e. The van der Waals surface area contributed by atoms with Crippen molar-refractivity contribution >= 4 is 0 Å². The highest BCUT2D eigenvalue weighted by molar-refractivity contribution is 5.31. The SMILES string of the molecule is CN(COc1ccccc1)Cc1ccccc1O. The lowest BCUT2D eigenvalue weighted by Crippen LogP contribution is -2.23. The van der Waals surface area contributed by atoms with E-state index in [1.807, 2.05) is 60.5 Å². The molecule has 3 heteroatoms. The maximum Gasteiger partial charge on any atom is 0.142 e. The zero-order chi connectivity index (χ0) is 12.8. The topological polar surface area (TPSA) is 32.7 Å². The van der Waals surface area contributed by atoms with E-state index in [1.54, 1.807) is 6.07 Å². The third kappa shape index (κ3) is 3.50. The maximum atomic E-state index is 9.68. The van der Waals surface area contributed by atoms with Gasteiger partial charge in [0.15, 0.2) is 0 Å². The number of benzene rings is 2. The average molecular weight is 243 g/mol. The number of nitrogens with zero attached hydrogens (tertiary/aromatic N) is 1. The van der Waals surface area contributed by atoms with Crippen LogP contribution in [0.15, 0.2) is 54.6 Å². The van der Waals surface area contributed by atoms with E-state index >= 15 is 0 Å². The van der Waals surface area contributed by atoms with E-state index < -0.39 is 0 Å². The number of aromatic hydroxyl groups is 1. The Morgan fingerprint density at radius 2 is 1.67 bits per heavy atom. The summed E-state index contributed by atoms with van der Waals surface area (Å²) >= 11 is 0. The third-order valence-electron chi connectivity index (χ3n) is 2.63. The standard InChI is InChI=1S/C15H17NO2/c1-16(11-13-7-5-6-10-15(13)17)12-18-14-8-3-2-4-9-14/h2-10,17H,11-12H2,1H3. The van der Waals surface area contributed by atoms with Gasteiger partial charge in [0.1, 0.15) is 18.2 Å². The molecule has 0 heterocycles. The zero-order valence-corrected chi connectivity index (χ0v) is 10.4. The second-order valence-corrected chi connectivity index (χ2v) is 4.23. The van der Waals surface area contributed by atoms with Crippen LogP contribution in [0.3, 0.4) is 0 Å². The van der Waals surface area contributed by atoms with Crippen molar-refractivity contribution in [2.24, 2.45) is 0 Å². The van der Waals surface area contributed by atoms with Crippen molar-refractivity contribution in [1.29, 1.82) is 0 Å². The van der Waals surface area contributed by atoms with Crippen LogP contribution < -0.4 is 4.74 Å². The fourth-order valence-corrected chi connectivity index (χ4v) is 1.68. The van der Waals surface area contributed by atoms with Gasteiger partial charge in [-0.1, -0.05) is 36.4 Å². The Kier molecular flexibility index (Phi) is 4.20. The van der Waals surface area contributed by atoms with E-state index in [4.69, 9.17) is 4.74 Å². The Hall–Kier alpha value is -2.00. The molecule has 2 rings (SSSR count). The Balaban J connectivity index is 1.86. The first kappa shape index (κ1) is 12.5. The summed E-state index contributed by atoms with van der Waals surface area (Å²) < 4.78 is 5.62. The molecule has 2 aromatic carbocycles. The molecular formula is C15H17NO2. The van der Waals surface area contributed by atoms with E-state index in [1.165, 1.54) is 0 Å². The molecule has 0 spiro atoms. The number of phenolic OH excluding ortho intramolecular Hbond substituents is 1. The maximum absolute atomic E-state index is 9.68. The van der Waals surface area contributed by atoms with E-state index in [0.29, 0.717) is 19.0 Å². The summed E-state index contributed by atoms with van der Waals surface area (Å²) in [6.45, 7) is 1.14. The number of rotatable bonds is 5. The molecule has 94 valence electrons. The van der Waals surface area contributed by atoms with Crippen LogP contribution in [0.2, 0.25) is 0 Å². The van der Waals surface area contributed by atoms with Crippen molar-refractivity contribution in [3.05, 3.63) is 60.2 Å². The largest absolute Gasteiger partial charge is 0.508 e. The van der Waals surface area contributed by atoms with Gasteiger partial charge in [-0.25, -0.2) is 0 Å². The summed E-state index contributed by atoms with van der Waals surface area (Å²) in [4.78, 5) is 2.00. The lowest BCUT2D eigenvalue weighted by atomic mass is 10.2. The quantitative estimate of drug-likeness (QED) is 0.820. The normalized spacial score (nSPS) is 10.6. The van der Waals surface area contributed by atoms with Crippen molar-refractivity contribution < 1.29 is 9.84 Å². The van der Waals surface area contributed by atoms with E-state index in [-0.39, 0.29) is 0 Å². The van der Waals surface area contributed by atoms with Gasteiger partial charge >= 0.3 is 0 Å². The first-order valence-electron chi connectivity index (χ1n) is 5.89. The average Bonchev–Trinajstić information content (AvgIpc) is 2.40. The molecule has 1 N–H and O–H groups in total. The first-order chi connectivity index (χ1) is 8.75. The summed E-state index contributed by atoms with van der Waals surface area (Å²) in [5.41, 5.74) is 0.900. The van der Waals surface area contributed by atoms with Gasteiger partial charge in [0.2, 0.25) is 0 Å². The monoisotopic (exact) mass is 243 g/mol. The lowest BCUT2D eigenvalue weighted by molar-refractivity contribution is 0.146. The highest BCUT2D eigenvalue weighted by atomic mass is 16.5. The van der Waals surface area contributed by atoms with Crippen LogP contribution in [0.1, 0.15) is 5.56 Å². The molecule has 0 aliphatic carbocycles. The summed E-state index contributed by atoms with van der Waals surface area (Å²) in [5, 5.41) is 9.68. The van der Waals surface area contributed by atoms with E-state index in [0.717, 1.165) is 11.3 Å². The molecule has 0 fully saturated rings. The highest BCUT2D eigenvalue weighted by Crippen LogP contribution is 2.17. The predicted octanol–water partition coefficient (Wildman–Crippen LogP) is 2.86. The number of ether oxygens (including phenoxy) is 1.